The van der Waals surface area contributed by atoms with Gasteiger partial charge in [0.1, 0.15) is 0 Å². The first-order valence-corrected chi connectivity index (χ1v) is 6.17. The second kappa shape index (κ2) is 5.23. The van der Waals surface area contributed by atoms with Crippen molar-refractivity contribution in [1.82, 2.24) is 5.32 Å². The molecule has 0 radical (unpaired) electrons. The minimum atomic E-state index is -0.570. The Morgan fingerprint density at radius 1 is 1.46 bits per heavy atom. The summed E-state index contributed by atoms with van der Waals surface area (Å²) in [5, 5.41) is 13.6. The molecular weight excluding hydrogens is 182 g/mol. The number of nitrogens with one attached hydrogen (secondary N) is 1. The van der Waals surface area contributed by atoms with Crippen LogP contribution in [0.2, 0.25) is 0 Å². The molecule has 0 aromatic rings. The Hall–Kier alpha value is 0.270. The third-order valence-electron chi connectivity index (χ3n) is 2.20. The summed E-state index contributed by atoms with van der Waals surface area (Å²) >= 11 is 2.07. The summed E-state index contributed by atoms with van der Waals surface area (Å²) in [5.41, 5.74) is -0.570. The highest BCUT2D eigenvalue weighted by atomic mass is 32.2. The average Bonchev–Trinajstić information content (AvgIpc) is 2.04. The largest absolute Gasteiger partial charge is 0.389 e. The van der Waals surface area contributed by atoms with E-state index in [0.717, 1.165) is 11.8 Å². The number of rotatable bonds is 4. The van der Waals surface area contributed by atoms with Gasteiger partial charge in [0.2, 0.25) is 0 Å². The monoisotopic (exact) mass is 203 g/mol. The molecule has 1 heterocycles. The van der Waals surface area contributed by atoms with Gasteiger partial charge in [0.15, 0.2) is 0 Å². The highest BCUT2D eigenvalue weighted by Gasteiger charge is 2.16. The lowest BCUT2D eigenvalue weighted by Crippen LogP contribution is -2.38. The van der Waals surface area contributed by atoms with E-state index in [0.29, 0.717) is 6.54 Å². The number of thioether (sulfide) groups is 1. The molecule has 78 valence electrons. The molecule has 13 heavy (non-hydrogen) atoms. The first-order chi connectivity index (χ1) is 6.08. The van der Waals surface area contributed by atoms with Gasteiger partial charge in [0.05, 0.1) is 5.60 Å². The van der Waals surface area contributed by atoms with Gasteiger partial charge in [-0.15, -0.1) is 0 Å². The number of aliphatic hydroxyl groups is 1. The van der Waals surface area contributed by atoms with Gasteiger partial charge in [-0.1, -0.05) is 6.42 Å². The Morgan fingerprint density at radius 2 is 2.23 bits per heavy atom. The molecule has 3 heteroatoms. The van der Waals surface area contributed by atoms with Crippen molar-refractivity contribution in [2.75, 3.05) is 18.8 Å². The van der Waals surface area contributed by atoms with Crippen molar-refractivity contribution in [2.45, 2.75) is 44.0 Å². The van der Waals surface area contributed by atoms with Crippen LogP contribution in [0.4, 0.5) is 0 Å². The van der Waals surface area contributed by atoms with Crippen molar-refractivity contribution in [1.29, 1.82) is 0 Å². The molecule has 0 amide bonds. The standard InChI is InChI=1S/C10H21NOS/c1-10(2,12)8-11-7-9-5-3-4-6-13-9/h9,11-12H,3-8H2,1-2H3. The number of hydrogen-bond donors (Lipinski definition) is 2. The molecule has 1 unspecified atom stereocenters. The molecule has 0 spiro atoms. The topological polar surface area (TPSA) is 32.3 Å². The Kier molecular flexibility index (Phi) is 4.56. The van der Waals surface area contributed by atoms with Crippen LogP contribution in [0.15, 0.2) is 0 Å². The summed E-state index contributed by atoms with van der Waals surface area (Å²) in [6.07, 6.45) is 4.10. The van der Waals surface area contributed by atoms with Gasteiger partial charge < -0.3 is 10.4 Å². The lowest BCUT2D eigenvalue weighted by Gasteiger charge is -2.24. The van der Waals surface area contributed by atoms with Gasteiger partial charge in [-0.3, -0.25) is 0 Å². The van der Waals surface area contributed by atoms with E-state index in [-0.39, 0.29) is 0 Å². The van der Waals surface area contributed by atoms with Crippen molar-refractivity contribution in [3.63, 3.8) is 0 Å². The second-order valence-electron chi connectivity index (χ2n) is 4.43. The SMILES string of the molecule is CC(C)(O)CNCC1CCCCS1. The fraction of sp³-hybridized carbons (Fsp3) is 1.00. The van der Waals surface area contributed by atoms with Gasteiger partial charge in [0, 0.05) is 18.3 Å². The zero-order valence-electron chi connectivity index (χ0n) is 8.68. The fourth-order valence-electron chi connectivity index (χ4n) is 1.51. The van der Waals surface area contributed by atoms with Crippen molar-refractivity contribution in [3.05, 3.63) is 0 Å². The maximum atomic E-state index is 9.48. The first kappa shape index (κ1) is 11.3. The Balaban J connectivity index is 2.04. The maximum absolute atomic E-state index is 9.48. The Morgan fingerprint density at radius 3 is 2.77 bits per heavy atom. The van der Waals surface area contributed by atoms with Crippen LogP contribution in [0.5, 0.6) is 0 Å². The van der Waals surface area contributed by atoms with E-state index in [4.69, 9.17) is 0 Å². The van der Waals surface area contributed by atoms with Gasteiger partial charge in [0.25, 0.3) is 0 Å². The van der Waals surface area contributed by atoms with Crippen LogP contribution in [-0.2, 0) is 0 Å². The Bertz CT molecular complexity index is 138. The maximum Gasteiger partial charge on any atom is 0.0715 e. The molecule has 1 saturated heterocycles. The summed E-state index contributed by atoms with van der Waals surface area (Å²) in [4.78, 5) is 0. The van der Waals surface area contributed by atoms with Gasteiger partial charge in [-0.2, -0.15) is 11.8 Å². The molecule has 0 aliphatic carbocycles. The lowest BCUT2D eigenvalue weighted by atomic mass is 10.1. The van der Waals surface area contributed by atoms with E-state index in [1.807, 2.05) is 13.8 Å². The third-order valence-corrected chi connectivity index (χ3v) is 3.60. The average molecular weight is 203 g/mol. The van der Waals surface area contributed by atoms with Crippen LogP contribution in [0.25, 0.3) is 0 Å². The van der Waals surface area contributed by atoms with Crippen LogP contribution < -0.4 is 5.32 Å². The molecule has 2 nitrogen and oxygen atoms in total. The van der Waals surface area contributed by atoms with E-state index >= 15 is 0 Å². The van der Waals surface area contributed by atoms with Gasteiger partial charge in [-0.25, -0.2) is 0 Å². The first-order valence-electron chi connectivity index (χ1n) is 5.13. The highest BCUT2D eigenvalue weighted by Crippen LogP contribution is 2.24. The molecule has 2 N–H and O–H groups in total. The zero-order valence-corrected chi connectivity index (χ0v) is 9.49. The van der Waals surface area contributed by atoms with Crippen LogP contribution in [0, 0.1) is 0 Å². The quantitative estimate of drug-likeness (QED) is 0.728. The third kappa shape index (κ3) is 5.55. The molecule has 0 aromatic heterocycles. The van der Waals surface area contributed by atoms with Crippen LogP contribution in [0.3, 0.4) is 0 Å². The Labute approximate surface area is 85.5 Å². The molecular formula is C10H21NOS. The predicted molar refractivity (Wildman–Crippen MR) is 59.3 cm³/mol. The van der Waals surface area contributed by atoms with Crippen molar-refractivity contribution >= 4 is 11.8 Å². The molecule has 1 aliphatic heterocycles. The fourth-order valence-corrected chi connectivity index (χ4v) is 2.78. The van der Waals surface area contributed by atoms with Crippen LogP contribution in [-0.4, -0.2) is 34.8 Å². The minimum Gasteiger partial charge on any atom is -0.389 e. The summed E-state index contributed by atoms with van der Waals surface area (Å²) in [6, 6.07) is 0. The lowest BCUT2D eigenvalue weighted by molar-refractivity contribution is 0.0800. The predicted octanol–water partition coefficient (Wildman–Crippen LogP) is 1.63. The van der Waals surface area contributed by atoms with E-state index in [1.165, 1.54) is 25.0 Å². The van der Waals surface area contributed by atoms with E-state index < -0.39 is 5.60 Å². The molecule has 1 fully saturated rings. The number of hydrogen-bond acceptors (Lipinski definition) is 3. The van der Waals surface area contributed by atoms with Crippen molar-refractivity contribution in [3.8, 4) is 0 Å². The zero-order chi connectivity index (χ0) is 9.73. The molecule has 1 atom stereocenters. The van der Waals surface area contributed by atoms with Gasteiger partial charge >= 0.3 is 0 Å². The second-order valence-corrected chi connectivity index (χ2v) is 5.84. The normalized spacial score (nSPS) is 24.7. The summed E-state index contributed by atoms with van der Waals surface area (Å²) in [5.74, 6) is 1.31. The highest BCUT2D eigenvalue weighted by molar-refractivity contribution is 7.99. The van der Waals surface area contributed by atoms with Crippen LogP contribution in [0.1, 0.15) is 33.1 Å². The van der Waals surface area contributed by atoms with Crippen molar-refractivity contribution in [2.24, 2.45) is 0 Å². The van der Waals surface area contributed by atoms with Gasteiger partial charge in [-0.05, 0) is 32.4 Å². The van der Waals surface area contributed by atoms with Crippen LogP contribution >= 0.6 is 11.8 Å². The van der Waals surface area contributed by atoms with Crippen molar-refractivity contribution < 1.29 is 5.11 Å². The molecule has 0 bridgehead atoms. The summed E-state index contributed by atoms with van der Waals surface area (Å²) in [7, 11) is 0. The molecule has 0 saturated carbocycles. The summed E-state index contributed by atoms with van der Waals surface area (Å²) in [6.45, 7) is 5.43. The molecule has 0 aromatic carbocycles. The molecule has 1 aliphatic rings. The van der Waals surface area contributed by atoms with E-state index in [9.17, 15) is 5.11 Å². The molecule has 1 rings (SSSR count). The van der Waals surface area contributed by atoms with E-state index in [2.05, 4.69) is 17.1 Å². The smallest absolute Gasteiger partial charge is 0.0715 e. The van der Waals surface area contributed by atoms with E-state index in [1.54, 1.807) is 0 Å². The minimum absolute atomic E-state index is 0.570. The summed E-state index contributed by atoms with van der Waals surface area (Å²) < 4.78 is 0.